The summed E-state index contributed by atoms with van der Waals surface area (Å²) in [6.07, 6.45) is 0. The van der Waals surface area contributed by atoms with Crippen LogP contribution in [0.1, 0.15) is 0 Å². The Morgan fingerprint density at radius 2 is 1.53 bits per heavy atom. The first-order valence-corrected chi connectivity index (χ1v) is 5.66. The molecule has 0 fully saturated rings. The number of hydrogen-bond acceptors (Lipinski definition) is 5. The molecule has 19 heavy (non-hydrogen) atoms. The topological polar surface area (TPSA) is 79.4 Å². The SMILES string of the molecule is Oc1cccc(O)c1-c1nc(-c2ccccc2)no1. The van der Waals surface area contributed by atoms with E-state index >= 15 is 0 Å². The van der Waals surface area contributed by atoms with Crippen molar-refractivity contribution in [3.8, 4) is 34.3 Å². The van der Waals surface area contributed by atoms with Gasteiger partial charge in [0.1, 0.15) is 17.1 Å². The lowest BCUT2D eigenvalue weighted by Gasteiger charge is -2.00. The van der Waals surface area contributed by atoms with Crippen molar-refractivity contribution in [1.29, 1.82) is 0 Å². The number of hydrogen-bond donors (Lipinski definition) is 2. The number of aromatic nitrogens is 2. The van der Waals surface area contributed by atoms with Gasteiger partial charge in [-0.25, -0.2) is 0 Å². The number of phenols is 2. The van der Waals surface area contributed by atoms with Crippen molar-refractivity contribution in [3.63, 3.8) is 0 Å². The Kier molecular flexibility index (Phi) is 2.64. The highest BCUT2D eigenvalue weighted by Crippen LogP contribution is 2.36. The van der Waals surface area contributed by atoms with Gasteiger partial charge in [-0.3, -0.25) is 0 Å². The standard InChI is InChI=1S/C14H10N2O3/c17-10-7-4-8-11(18)12(10)14-15-13(16-19-14)9-5-2-1-3-6-9/h1-8,17-18H. The first-order chi connectivity index (χ1) is 9.25. The third-order valence-corrected chi connectivity index (χ3v) is 2.69. The average molecular weight is 254 g/mol. The number of phenolic OH excluding ortho intramolecular Hbond substituents is 2. The molecule has 0 saturated heterocycles. The summed E-state index contributed by atoms with van der Waals surface area (Å²) in [5.41, 5.74) is 0.935. The molecule has 0 bridgehead atoms. The molecule has 0 radical (unpaired) electrons. The molecule has 0 amide bonds. The Hall–Kier alpha value is -2.82. The van der Waals surface area contributed by atoms with Crippen LogP contribution in [0.3, 0.4) is 0 Å². The van der Waals surface area contributed by atoms with Gasteiger partial charge in [-0.1, -0.05) is 41.6 Å². The highest BCUT2D eigenvalue weighted by molar-refractivity contribution is 5.71. The van der Waals surface area contributed by atoms with Crippen molar-refractivity contribution < 1.29 is 14.7 Å². The quantitative estimate of drug-likeness (QED) is 0.735. The average Bonchev–Trinajstić information content (AvgIpc) is 2.89. The van der Waals surface area contributed by atoms with Gasteiger partial charge in [-0.15, -0.1) is 0 Å². The van der Waals surface area contributed by atoms with Crippen LogP contribution in [-0.2, 0) is 0 Å². The van der Waals surface area contributed by atoms with Gasteiger partial charge >= 0.3 is 0 Å². The van der Waals surface area contributed by atoms with E-state index in [9.17, 15) is 10.2 Å². The summed E-state index contributed by atoms with van der Waals surface area (Å²) in [6, 6.07) is 13.7. The second-order valence-corrected chi connectivity index (χ2v) is 3.96. The smallest absolute Gasteiger partial charge is 0.265 e. The molecule has 1 heterocycles. The zero-order chi connectivity index (χ0) is 13.2. The number of nitrogens with zero attached hydrogens (tertiary/aromatic N) is 2. The lowest BCUT2D eigenvalue weighted by molar-refractivity contribution is 0.416. The van der Waals surface area contributed by atoms with Gasteiger partial charge < -0.3 is 14.7 Å². The van der Waals surface area contributed by atoms with E-state index in [4.69, 9.17) is 4.52 Å². The van der Waals surface area contributed by atoms with E-state index in [0.29, 0.717) is 5.82 Å². The third-order valence-electron chi connectivity index (χ3n) is 2.69. The molecular formula is C14H10N2O3. The first-order valence-electron chi connectivity index (χ1n) is 5.66. The van der Waals surface area contributed by atoms with E-state index in [0.717, 1.165) is 5.56 Å². The molecule has 0 atom stereocenters. The van der Waals surface area contributed by atoms with Gasteiger partial charge in [0, 0.05) is 5.56 Å². The molecule has 1 aromatic heterocycles. The largest absolute Gasteiger partial charge is 0.507 e. The number of aromatic hydroxyl groups is 2. The molecule has 5 nitrogen and oxygen atoms in total. The molecule has 0 spiro atoms. The maximum absolute atomic E-state index is 9.74. The van der Waals surface area contributed by atoms with Crippen LogP contribution in [0, 0.1) is 0 Å². The lowest BCUT2D eigenvalue weighted by atomic mass is 10.1. The Bertz CT molecular complexity index is 687. The highest BCUT2D eigenvalue weighted by atomic mass is 16.5. The summed E-state index contributed by atoms with van der Waals surface area (Å²) in [6.45, 7) is 0. The highest BCUT2D eigenvalue weighted by Gasteiger charge is 2.17. The normalized spacial score (nSPS) is 10.5. The Labute approximate surface area is 108 Å². The van der Waals surface area contributed by atoms with E-state index in [-0.39, 0.29) is 23.0 Å². The molecule has 0 unspecified atom stereocenters. The van der Waals surface area contributed by atoms with Crippen molar-refractivity contribution >= 4 is 0 Å². The Balaban J connectivity index is 2.07. The predicted molar refractivity (Wildman–Crippen MR) is 68.5 cm³/mol. The van der Waals surface area contributed by atoms with Crippen LogP contribution in [0.2, 0.25) is 0 Å². The van der Waals surface area contributed by atoms with E-state index in [2.05, 4.69) is 10.1 Å². The molecule has 3 rings (SSSR count). The van der Waals surface area contributed by atoms with Crippen LogP contribution in [0.4, 0.5) is 0 Å². The third kappa shape index (κ3) is 2.01. The van der Waals surface area contributed by atoms with Gasteiger partial charge in [0.2, 0.25) is 5.82 Å². The van der Waals surface area contributed by atoms with Crippen LogP contribution in [0.15, 0.2) is 53.1 Å². The zero-order valence-corrected chi connectivity index (χ0v) is 9.82. The van der Waals surface area contributed by atoms with E-state index in [1.807, 2.05) is 30.3 Å². The molecule has 0 aliphatic carbocycles. The summed E-state index contributed by atoms with van der Waals surface area (Å²) >= 11 is 0. The minimum Gasteiger partial charge on any atom is -0.507 e. The Morgan fingerprint density at radius 1 is 0.842 bits per heavy atom. The van der Waals surface area contributed by atoms with Crippen molar-refractivity contribution in [3.05, 3.63) is 48.5 Å². The molecule has 2 N–H and O–H groups in total. The predicted octanol–water partition coefficient (Wildman–Crippen LogP) is 2.81. The van der Waals surface area contributed by atoms with Crippen LogP contribution in [0.25, 0.3) is 22.8 Å². The minimum atomic E-state index is -0.108. The number of benzene rings is 2. The van der Waals surface area contributed by atoms with E-state index < -0.39 is 0 Å². The minimum absolute atomic E-state index is 0.0782. The van der Waals surface area contributed by atoms with Crippen molar-refractivity contribution in [2.45, 2.75) is 0 Å². The maximum Gasteiger partial charge on any atom is 0.265 e. The molecule has 94 valence electrons. The first kappa shape index (κ1) is 11.3. The Morgan fingerprint density at radius 3 is 2.21 bits per heavy atom. The van der Waals surface area contributed by atoms with Gasteiger partial charge in [0.15, 0.2) is 0 Å². The summed E-state index contributed by atoms with van der Waals surface area (Å²) in [4.78, 5) is 4.17. The summed E-state index contributed by atoms with van der Waals surface area (Å²) in [7, 11) is 0. The molecular weight excluding hydrogens is 244 g/mol. The van der Waals surface area contributed by atoms with E-state index in [1.54, 1.807) is 0 Å². The van der Waals surface area contributed by atoms with Crippen LogP contribution < -0.4 is 0 Å². The van der Waals surface area contributed by atoms with Crippen LogP contribution >= 0.6 is 0 Å². The van der Waals surface area contributed by atoms with Gasteiger partial charge in [-0.2, -0.15) is 4.98 Å². The molecule has 0 saturated carbocycles. The van der Waals surface area contributed by atoms with Crippen molar-refractivity contribution in [1.82, 2.24) is 10.1 Å². The molecule has 0 aliphatic rings. The zero-order valence-electron chi connectivity index (χ0n) is 9.82. The molecule has 0 aliphatic heterocycles. The van der Waals surface area contributed by atoms with Crippen molar-refractivity contribution in [2.75, 3.05) is 0 Å². The second-order valence-electron chi connectivity index (χ2n) is 3.96. The summed E-state index contributed by atoms with van der Waals surface area (Å²) < 4.78 is 5.09. The fraction of sp³-hybridized carbons (Fsp3) is 0. The van der Waals surface area contributed by atoms with E-state index in [1.165, 1.54) is 18.2 Å². The second kappa shape index (κ2) is 4.45. The lowest BCUT2D eigenvalue weighted by Crippen LogP contribution is -1.82. The van der Waals surface area contributed by atoms with Crippen molar-refractivity contribution in [2.24, 2.45) is 0 Å². The molecule has 3 aromatic rings. The summed E-state index contributed by atoms with van der Waals surface area (Å²) in [5.74, 6) is 0.263. The van der Waals surface area contributed by atoms with Crippen LogP contribution in [-0.4, -0.2) is 20.4 Å². The fourth-order valence-electron chi connectivity index (χ4n) is 1.78. The molecule has 5 heteroatoms. The number of rotatable bonds is 2. The fourth-order valence-corrected chi connectivity index (χ4v) is 1.78. The van der Waals surface area contributed by atoms with Gasteiger partial charge in [0.05, 0.1) is 0 Å². The maximum atomic E-state index is 9.74. The van der Waals surface area contributed by atoms with Gasteiger partial charge in [0.25, 0.3) is 5.89 Å². The summed E-state index contributed by atoms with van der Waals surface area (Å²) in [5, 5.41) is 23.3. The van der Waals surface area contributed by atoms with Gasteiger partial charge in [-0.05, 0) is 12.1 Å². The molecule has 2 aromatic carbocycles. The monoisotopic (exact) mass is 254 g/mol. The van der Waals surface area contributed by atoms with Crippen LogP contribution in [0.5, 0.6) is 11.5 Å².